The fourth-order valence-corrected chi connectivity index (χ4v) is 1.92. The maximum Gasteiger partial charge on any atom is 0.269 e. The molecule has 2 rings (SSSR count). The average molecular weight is 271 g/mol. The Kier molecular flexibility index (Phi) is 4.20. The van der Waals surface area contributed by atoms with Gasteiger partial charge in [0.1, 0.15) is 11.4 Å². The zero-order chi connectivity index (χ0) is 14.5. The smallest absolute Gasteiger partial charge is 0.269 e. The van der Waals surface area contributed by atoms with E-state index >= 15 is 0 Å². The van der Waals surface area contributed by atoms with Crippen molar-refractivity contribution in [3.05, 3.63) is 48.7 Å². The summed E-state index contributed by atoms with van der Waals surface area (Å²) in [5.41, 5.74) is 2.05. The quantitative estimate of drug-likeness (QED) is 0.846. The summed E-state index contributed by atoms with van der Waals surface area (Å²) >= 11 is 0. The molecule has 0 saturated heterocycles. The van der Waals surface area contributed by atoms with Crippen LogP contribution < -0.4 is 10.1 Å². The van der Waals surface area contributed by atoms with Crippen LogP contribution in [0.3, 0.4) is 0 Å². The first-order chi connectivity index (χ1) is 9.67. The monoisotopic (exact) mass is 271 g/mol. The van der Waals surface area contributed by atoms with Crippen LogP contribution in [0.25, 0.3) is 11.3 Å². The van der Waals surface area contributed by atoms with Gasteiger partial charge in [-0.2, -0.15) is 5.10 Å². The predicted octanol–water partition coefficient (Wildman–Crippen LogP) is 2.01. The van der Waals surface area contributed by atoms with E-state index in [0.717, 1.165) is 11.3 Å². The third kappa shape index (κ3) is 2.71. The Morgan fingerprint density at radius 3 is 2.95 bits per heavy atom. The first kappa shape index (κ1) is 13.9. The summed E-state index contributed by atoms with van der Waals surface area (Å²) in [5.74, 6) is 0.546. The van der Waals surface area contributed by atoms with Gasteiger partial charge in [0.2, 0.25) is 0 Å². The molecule has 5 nitrogen and oxygen atoms in total. The van der Waals surface area contributed by atoms with Gasteiger partial charge in [0.05, 0.1) is 12.8 Å². The molecular weight excluding hydrogens is 254 g/mol. The van der Waals surface area contributed by atoms with Crippen molar-refractivity contribution in [3.63, 3.8) is 0 Å². The number of carbonyl (C=O) groups is 1. The Hall–Kier alpha value is -2.56. The van der Waals surface area contributed by atoms with E-state index in [1.165, 1.54) is 0 Å². The Balaban J connectivity index is 2.35. The van der Waals surface area contributed by atoms with Crippen molar-refractivity contribution in [3.8, 4) is 17.0 Å². The lowest BCUT2D eigenvalue weighted by molar-refractivity contribution is 0.0948. The van der Waals surface area contributed by atoms with E-state index in [1.54, 1.807) is 31.0 Å². The standard InChI is InChI=1S/C15H17N3O2/c1-4-9-16-15(19)13-10-12(17-18(13)2)11-7-5-6-8-14(11)20-3/h4-8,10H,1,9H2,2-3H3,(H,16,19). The number of methoxy groups -OCH3 is 1. The zero-order valence-electron chi connectivity index (χ0n) is 11.6. The van der Waals surface area contributed by atoms with E-state index in [4.69, 9.17) is 4.74 Å². The van der Waals surface area contributed by atoms with Crippen molar-refractivity contribution in [2.75, 3.05) is 13.7 Å². The molecule has 0 fully saturated rings. The normalized spacial score (nSPS) is 10.1. The molecule has 2 aromatic rings. The van der Waals surface area contributed by atoms with E-state index in [9.17, 15) is 4.79 Å². The largest absolute Gasteiger partial charge is 0.496 e. The summed E-state index contributed by atoms with van der Waals surface area (Å²) in [6, 6.07) is 9.32. The fourth-order valence-electron chi connectivity index (χ4n) is 1.92. The van der Waals surface area contributed by atoms with Crippen molar-refractivity contribution in [1.82, 2.24) is 15.1 Å². The first-order valence-corrected chi connectivity index (χ1v) is 6.24. The third-order valence-corrected chi connectivity index (χ3v) is 2.90. The van der Waals surface area contributed by atoms with Gasteiger partial charge in [0.15, 0.2) is 0 Å². The minimum Gasteiger partial charge on any atom is -0.496 e. The van der Waals surface area contributed by atoms with Crippen LogP contribution in [0, 0.1) is 0 Å². The highest BCUT2D eigenvalue weighted by Gasteiger charge is 2.15. The highest BCUT2D eigenvalue weighted by molar-refractivity contribution is 5.94. The van der Waals surface area contributed by atoms with Gasteiger partial charge in [-0.25, -0.2) is 0 Å². The van der Waals surface area contributed by atoms with Crippen molar-refractivity contribution in [2.45, 2.75) is 0 Å². The summed E-state index contributed by atoms with van der Waals surface area (Å²) in [4.78, 5) is 12.0. The van der Waals surface area contributed by atoms with Gasteiger partial charge in [-0.05, 0) is 18.2 Å². The predicted molar refractivity (Wildman–Crippen MR) is 77.7 cm³/mol. The number of para-hydroxylation sites is 1. The van der Waals surface area contributed by atoms with Gasteiger partial charge in [-0.1, -0.05) is 18.2 Å². The van der Waals surface area contributed by atoms with E-state index in [1.807, 2.05) is 24.3 Å². The highest BCUT2D eigenvalue weighted by Crippen LogP contribution is 2.28. The second kappa shape index (κ2) is 6.06. The molecule has 0 unspecified atom stereocenters. The zero-order valence-corrected chi connectivity index (χ0v) is 11.6. The molecule has 5 heteroatoms. The lowest BCUT2D eigenvalue weighted by Crippen LogP contribution is -2.25. The lowest BCUT2D eigenvalue weighted by Gasteiger charge is -2.04. The second-order valence-corrected chi connectivity index (χ2v) is 4.24. The minimum atomic E-state index is -0.180. The summed E-state index contributed by atoms with van der Waals surface area (Å²) < 4.78 is 6.87. The van der Waals surface area contributed by atoms with Gasteiger partial charge < -0.3 is 10.1 Å². The molecule has 0 atom stereocenters. The number of hydrogen-bond donors (Lipinski definition) is 1. The molecule has 1 amide bonds. The minimum absolute atomic E-state index is 0.180. The van der Waals surface area contributed by atoms with Crippen molar-refractivity contribution in [1.29, 1.82) is 0 Å². The number of nitrogens with zero attached hydrogens (tertiary/aromatic N) is 2. The molecule has 0 aliphatic carbocycles. The fraction of sp³-hybridized carbons (Fsp3) is 0.200. The molecular formula is C15H17N3O2. The molecule has 0 radical (unpaired) electrons. The molecule has 104 valence electrons. The average Bonchev–Trinajstić information content (AvgIpc) is 2.86. The number of rotatable bonds is 5. The van der Waals surface area contributed by atoms with Crippen LogP contribution in [-0.4, -0.2) is 29.3 Å². The maximum absolute atomic E-state index is 12.0. The Bertz CT molecular complexity index is 632. The molecule has 0 aliphatic heterocycles. The summed E-state index contributed by atoms with van der Waals surface area (Å²) in [7, 11) is 3.35. The molecule has 1 aromatic heterocycles. The number of ether oxygens (including phenoxy) is 1. The molecule has 1 heterocycles. The van der Waals surface area contributed by atoms with Crippen molar-refractivity contribution < 1.29 is 9.53 Å². The van der Waals surface area contributed by atoms with E-state index in [0.29, 0.717) is 17.9 Å². The first-order valence-electron chi connectivity index (χ1n) is 6.24. The molecule has 1 aromatic carbocycles. The van der Waals surface area contributed by atoms with Crippen molar-refractivity contribution >= 4 is 5.91 Å². The number of hydrogen-bond acceptors (Lipinski definition) is 3. The van der Waals surface area contributed by atoms with Crippen LogP contribution in [0.15, 0.2) is 43.0 Å². The van der Waals surface area contributed by atoms with Gasteiger partial charge >= 0.3 is 0 Å². The lowest BCUT2D eigenvalue weighted by atomic mass is 10.1. The number of benzene rings is 1. The highest BCUT2D eigenvalue weighted by atomic mass is 16.5. The Morgan fingerprint density at radius 2 is 2.25 bits per heavy atom. The number of aryl methyl sites for hydroxylation is 1. The second-order valence-electron chi connectivity index (χ2n) is 4.24. The van der Waals surface area contributed by atoms with Crippen LogP contribution in [0.2, 0.25) is 0 Å². The van der Waals surface area contributed by atoms with E-state index in [2.05, 4.69) is 17.0 Å². The summed E-state index contributed by atoms with van der Waals surface area (Å²) in [6.07, 6.45) is 1.63. The number of nitrogens with one attached hydrogen (secondary N) is 1. The molecule has 0 saturated carbocycles. The maximum atomic E-state index is 12.0. The molecule has 1 N–H and O–H groups in total. The van der Waals surface area contributed by atoms with Gasteiger partial charge in [0, 0.05) is 19.2 Å². The van der Waals surface area contributed by atoms with Crippen LogP contribution in [0.4, 0.5) is 0 Å². The molecule has 0 spiro atoms. The Labute approximate surface area is 117 Å². The van der Waals surface area contributed by atoms with Crippen LogP contribution >= 0.6 is 0 Å². The van der Waals surface area contributed by atoms with Gasteiger partial charge in [-0.3, -0.25) is 9.48 Å². The summed E-state index contributed by atoms with van der Waals surface area (Å²) in [5, 5.41) is 7.10. The molecule has 20 heavy (non-hydrogen) atoms. The van der Waals surface area contributed by atoms with Gasteiger partial charge in [0.25, 0.3) is 5.91 Å². The summed E-state index contributed by atoms with van der Waals surface area (Å²) in [6.45, 7) is 4.00. The number of aromatic nitrogens is 2. The van der Waals surface area contributed by atoms with E-state index < -0.39 is 0 Å². The van der Waals surface area contributed by atoms with E-state index in [-0.39, 0.29) is 5.91 Å². The molecule has 0 bridgehead atoms. The SMILES string of the molecule is C=CCNC(=O)c1cc(-c2ccccc2OC)nn1C. The topological polar surface area (TPSA) is 56.1 Å². The Morgan fingerprint density at radius 1 is 1.50 bits per heavy atom. The van der Waals surface area contributed by atoms with Crippen LogP contribution in [-0.2, 0) is 7.05 Å². The third-order valence-electron chi connectivity index (χ3n) is 2.90. The molecule has 0 aliphatic rings. The van der Waals surface area contributed by atoms with Crippen LogP contribution in [0.5, 0.6) is 5.75 Å². The van der Waals surface area contributed by atoms with Crippen LogP contribution in [0.1, 0.15) is 10.5 Å². The number of carbonyl (C=O) groups excluding carboxylic acids is 1. The number of amides is 1. The van der Waals surface area contributed by atoms with Gasteiger partial charge in [-0.15, -0.1) is 6.58 Å². The van der Waals surface area contributed by atoms with Crippen molar-refractivity contribution in [2.24, 2.45) is 7.05 Å².